The van der Waals surface area contributed by atoms with Gasteiger partial charge in [-0.1, -0.05) is 11.6 Å². The van der Waals surface area contributed by atoms with Crippen LogP contribution in [0.15, 0.2) is 36.5 Å². The molecule has 0 bridgehead atoms. The van der Waals surface area contributed by atoms with Crippen LogP contribution in [0.3, 0.4) is 0 Å². The van der Waals surface area contributed by atoms with Gasteiger partial charge in [0.15, 0.2) is 0 Å². The minimum absolute atomic E-state index is 0.0561. The van der Waals surface area contributed by atoms with Gasteiger partial charge in [0.2, 0.25) is 10.0 Å². The van der Waals surface area contributed by atoms with Crippen LogP contribution < -0.4 is 10.0 Å². The van der Waals surface area contributed by atoms with Gasteiger partial charge in [0.05, 0.1) is 34.8 Å². The van der Waals surface area contributed by atoms with Crippen LogP contribution in [-0.4, -0.2) is 25.6 Å². The summed E-state index contributed by atoms with van der Waals surface area (Å²) in [7, 11) is -3.44. The van der Waals surface area contributed by atoms with E-state index < -0.39 is 27.7 Å². The SMILES string of the molecule is CS(=O)(=O)NCc1cc(C(=O)Nc2cc(C(F)(F)F)ccc2Cl)ccn1. The highest BCUT2D eigenvalue weighted by Crippen LogP contribution is 2.33. The Balaban J connectivity index is 2.20. The number of nitrogens with one attached hydrogen (secondary N) is 2. The Hall–Kier alpha value is -2.17. The van der Waals surface area contributed by atoms with Gasteiger partial charge in [0, 0.05) is 11.8 Å². The zero-order valence-electron chi connectivity index (χ0n) is 13.3. The Labute approximate surface area is 152 Å². The predicted octanol–water partition coefficient (Wildman–Crippen LogP) is 3.06. The largest absolute Gasteiger partial charge is 0.416 e. The molecule has 0 spiro atoms. The number of alkyl halides is 3. The number of hydrogen-bond acceptors (Lipinski definition) is 4. The highest BCUT2D eigenvalue weighted by atomic mass is 35.5. The van der Waals surface area contributed by atoms with Crippen molar-refractivity contribution in [3.8, 4) is 0 Å². The summed E-state index contributed by atoms with van der Waals surface area (Å²) in [4.78, 5) is 16.2. The van der Waals surface area contributed by atoms with Crippen molar-refractivity contribution >= 4 is 33.2 Å². The van der Waals surface area contributed by atoms with Crippen molar-refractivity contribution in [1.29, 1.82) is 0 Å². The van der Waals surface area contributed by atoms with Crippen LogP contribution >= 0.6 is 11.6 Å². The zero-order valence-corrected chi connectivity index (χ0v) is 14.8. The molecule has 1 amide bonds. The average molecular weight is 408 g/mol. The Bertz CT molecular complexity index is 933. The first-order chi connectivity index (χ1) is 12.0. The van der Waals surface area contributed by atoms with Crippen molar-refractivity contribution in [2.75, 3.05) is 11.6 Å². The van der Waals surface area contributed by atoms with Gasteiger partial charge in [0.25, 0.3) is 5.91 Å². The van der Waals surface area contributed by atoms with Crippen molar-refractivity contribution in [1.82, 2.24) is 9.71 Å². The van der Waals surface area contributed by atoms with Crippen molar-refractivity contribution < 1.29 is 26.4 Å². The fourth-order valence-corrected chi connectivity index (χ4v) is 2.49. The Kier molecular flexibility index (Phi) is 5.89. The highest BCUT2D eigenvalue weighted by Gasteiger charge is 2.31. The number of carbonyl (C=O) groups is 1. The molecule has 1 aromatic carbocycles. The topological polar surface area (TPSA) is 88.2 Å². The van der Waals surface area contributed by atoms with E-state index >= 15 is 0 Å². The molecule has 0 fully saturated rings. The molecule has 0 radical (unpaired) electrons. The molecular formula is C15H13ClF3N3O3S. The van der Waals surface area contributed by atoms with E-state index in [9.17, 15) is 26.4 Å². The van der Waals surface area contributed by atoms with E-state index in [4.69, 9.17) is 11.6 Å². The van der Waals surface area contributed by atoms with E-state index in [-0.39, 0.29) is 28.5 Å². The van der Waals surface area contributed by atoms with Gasteiger partial charge >= 0.3 is 6.18 Å². The second-order valence-electron chi connectivity index (χ2n) is 5.28. The summed E-state index contributed by atoms with van der Waals surface area (Å²) in [6.45, 7) is -0.135. The summed E-state index contributed by atoms with van der Waals surface area (Å²) in [6.07, 6.45) is -2.33. The van der Waals surface area contributed by atoms with Crippen molar-refractivity contribution in [3.05, 3.63) is 58.4 Å². The van der Waals surface area contributed by atoms with Gasteiger partial charge in [-0.3, -0.25) is 9.78 Å². The molecule has 0 saturated carbocycles. The molecule has 0 aliphatic rings. The van der Waals surface area contributed by atoms with Gasteiger partial charge in [-0.2, -0.15) is 13.2 Å². The standard InChI is InChI=1S/C15H13ClF3N3O3S/c1-26(24,25)21-8-11-6-9(4-5-20-11)14(23)22-13-7-10(15(17,18)19)2-3-12(13)16/h2-7,21H,8H2,1H3,(H,22,23). The number of pyridine rings is 1. The Morgan fingerprint density at radius 3 is 2.54 bits per heavy atom. The van der Waals surface area contributed by atoms with Gasteiger partial charge in [-0.05, 0) is 30.3 Å². The van der Waals surface area contributed by atoms with E-state index in [0.717, 1.165) is 24.5 Å². The average Bonchev–Trinajstić information content (AvgIpc) is 2.53. The third-order valence-corrected chi connectivity index (χ3v) is 4.13. The summed E-state index contributed by atoms with van der Waals surface area (Å²) in [5, 5.41) is 2.25. The molecule has 0 atom stereocenters. The number of anilines is 1. The molecule has 2 aromatic rings. The van der Waals surface area contributed by atoms with Crippen molar-refractivity contribution in [2.45, 2.75) is 12.7 Å². The van der Waals surface area contributed by atoms with Crippen LogP contribution in [0.5, 0.6) is 0 Å². The highest BCUT2D eigenvalue weighted by molar-refractivity contribution is 7.88. The van der Waals surface area contributed by atoms with Crippen LogP contribution in [0.1, 0.15) is 21.6 Å². The molecule has 0 aliphatic heterocycles. The Morgan fingerprint density at radius 1 is 1.23 bits per heavy atom. The molecular weight excluding hydrogens is 395 g/mol. The predicted molar refractivity (Wildman–Crippen MR) is 90.3 cm³/mol. The normalized spacial score (nSPS) is 12.0. The number of hydrogen-bond donors (Lipinski definition) is 2. The number of amides is 1. The fourth-order valence-electron chi connectivity index (χ4n) is 1.91. The molecule has 1 heterocycles. The lowest BCUT2D eigenvalue weighted by atomic mass is 10.1. The minimum Gasteiger partial charge on any atom is -0.321 e. The van der Waals surface area contributed by atoms with Crippen LogP contribution in [0.2, 0.25) is 5.02 Å². The number of sulfonamides is 1. The molecule has 140 valence electrons. The number of aromatic nitrogens is 1. The lowest BCUT2D eigenvalue weighted by molar-refractivity contribution is -0.137. The van der Waals surface area contributed by atoms with Crippen LogP contribution in [0, 0.1) is 0 Å². The number of nitrogens with zero attached hydrogens (tertiary/aromatic N) is 1. The molecule has 6 nitrogen and oxygen atoms in total. The molecule has 0 unspecified atom stereocenters. The molecule has 2 N–H and O–H groups in total. The monoisotopic (exact) mass is 407 g/mol. The third kappa shape index (κ3) is 5.68. The second kappa shape index (κ2) is 7.60. The van der Waals surface area contributed by atoms with E-state index in [1.54, 1.807) is 0 Å². The lowest BCUT2D eigenvalue weighted by Gasteiger charge is -2.12. The van der Waals surface area contributed by atoms with E-state index in [2.05, 4.69) is 15.0 Å². The molecule has 0 saturated heterocycles. The number of carbonyl (C=O) groups excluding carboxylic acids is 1. The van der Waals surface area contributed by atoms with Gasteiger partial charge in [-0.25, -0.2) is 13.1 Å². The van der Waals surface area contributed by atoms with E-state index in [0.29, 0.717) is 0 Å². The molecule has 0 aliphatic carbocycles. The first-order valence-electron chi connectivity index (χ1n) is 7.03. The maximum Gasteiger partial charge on any atom is 0.416 e. The minimum atomic E-state index is -4.58. The smallest absolute Gasteiger partial charge is 0.321 e. The summed E-state index contributed by atoms with van der Waals surface area (Å²) >= 11 is 5.84. The zero-order chi connectivity index (χ0) is 19.5. The first-order valence-corrected chi connectivity index (χ1v) is 9.30. The third-order valence-electron chi connectivity index (χ3n) is 3.14. The summed E-state index contributed by atoms with van der Waals surface area (Å²) in [5.41, 5.74) is -0.805. The second-order valence-corrected chi connectivity index (χ2v) is 7.52. The molecule has 26 heavy (non-hydrogen) atoms. The van der Waals surface area contributed by atoms with Gasteiger partial charge in [-0.15, -0.1) is 0 Å². The maximum absolute atomic E-state index is 12.8. The molecule has 2 rings (SSSR count). The summed E-state index contributed by atoms with van der Waals surface area (Å²) in [6, 6.07) is 5.22. The van der Waals surface area contributed by atoms with Crippen LogP contribution in [-0.2, 0) is 22.7 Å². The first kappa shape index (κ1) is 20.1. The van der Waals surface area contributed by atoms with Crippen molar-refractivity contribution in [3.63, 3.8) is 0 Å². The fraction of sp³-hybridized carbons (Fsp3) is 0.200. The number of rotatable bonds is 5. The quantitative estimate of drug-likeness (QED) is 0.797. The van der Waals surface area contributed by atoms with E-state index in [1.807, 2.05) is 0 Å². The number of halogens is 4. The lowest BCUT2D eigenvalue weighted by Crippen LogP contribution is -2.22. The molecule has 1 aromatic heterocycles. The maximum atomic E-state index is 12.8. The summed E-state index contributed by atoms with van der Waals surface area (Å²) in [5.74, 6) is -0.714. The Morgan fingerprint density at radius 2 is 1.92 bits per heavy atom. The summed E-state index contributed by atoms with van der Waals surface area (Å²) < 4.78 is 62.7. The van der Waals surface area contributed by atoms with Gasteiger partial charge < -0.3 is 5.32 Å². The van der Waals surface area contributed by atoms with Crippen LogP contribution in [0.25, 0.3) is 0 Å². The number of benzene rings is 1. The van der Waals surface area contributed by atoms with Crippen LogP contribution in [0.4, 0.5) is 18.9 Å². The van der Waals surface area contributed by atoms with Crippen molar-refractivity contribution in [2.24, 2.45) is 0 Å². The van der Waals surface area contributed by atoms with Gasteiger partial charge in [0.1, 0.15) is 0 Å². The molecule has 11 heteroatoms. The van der Waals surface area contributed by atoms with E-state index in [1.165, 1.54) is 18.3 Å².